The monoisotopic (exact) mass is 415 g/mol. The predicted octanol–water partition coefficient (Wildman–Crippen LogP) is 5.85. The highest BCUT2D eigenvalue weighted by molar-refractivity contribution is 8.27. The van der Waals surface area contributed by atoms with Gasteiger partial charge >= 0.3 is 0 Å². The maximum Gasteiger partial charge on any atom is 0.270 e. The molecule has 0 unspecified atom stereocenters. The molecule has 0 aliphatic carbocycles. The molecule has 140 valence electrons. The Bertz CT molecular complexity index is 875. The van der Waals surface area contributed by atoms with Gasteiger partial charge < -0.3 is 4.74 Å². The second-order valence-electron chi connectivity index (χ2n) is 6.49. The van der Waals surface area contributed by atoms with Crippen LogP contribution in [0.15, 0.2) is 58.3 Å². The second kappa shape index (κ2) is 8.95. The maximum absolute atomic E-state index is 12.9. The van der Waals surface area contributed by atoms with Crippen LogP contribution in [-0.4, -0.2) is 23.1 Å². The third-order valence-corrected chi connectivity index (χ3v) is 5.89. The Morgan fingerprint density at radius 2 is 1.96 bits per heavy atom. The lowest BCUT2D eigenvalue weighted by atomic mass is 10.2. The van der Waals surface area contributed by atoms with E-state index in [1.54, 1.807) is 16.7 Å². The Hall–Kier alpha value is -1.76. The number of thiocarbonyl (C=S) groups is 1. The number of anilines is 1. The van der Waals surface area contributed by atoms with Gasteiger partial charge in [-0.3, -0.25) is 9.69 Å². The third kappa shape index (κ3) is 4.94. The smallest absolute Gasteiger partial charge is 0.270 e. The SMILES string of the molecule is CSc1cccc(N2C(=O)/C(=C/c3ccc(OCC(C)C)cc3)SC2=S)c1. The molecule has 0 spiro atoms. The summed E-state index contributed by atoms with van der Waals surface area (Å²) in [4.78, 5) is 16.2. The van der Waals surface area contributed by atoms with E-state index in [0.717, 1.165) is 21.9 Å². The van der Waals surface area contributed by atoms with Gasteiger partial charge in [0.1, 0.15) is 5.75 Å². The molecule has 3 rings (SSSR count). The fourth-order valence-electron chi connectivity index (χ4n) is 2.51. The number of hydrogen-bond donors (Lipinski definition) is 0. The van der Waals surface area contributed by atoms with Crippen LogP contribution >= 0.6 is 35.7 Å². The average molecular weight is 416 g/mol. The highest BCUT2D eigenvalue weighted by Crippen LogP contribution is 2.37. The molecule has 1 fully saturated rings. The number of benzene rings is 2. The van der Waals surface area contributed by atoms with Crippen LogP contribution in [0.5, 0.6) is 5.75 Å². The van der Waals surface area contributed by atoms with Crippen LogP contribution in [0, 0.1) is 5.92 Å². The van der Waals surface area contributed by atoms with Crippen LogP contribution in [0.3, 0.4) is 0 Å². The molecule has 0 saturated carbocycles. The normalized spacial score (nSPS) is 15.9. The Morgan fingerprint density at radius 1 is 1.22 bits per heavy atom. The van der Waals surface area contributed by atoms with Crippen LogP contribution < -0.4 is 9.64 Å². The molecule has 1 amide bonds. The zero-order valence-electron chi connectivity index (χ0n) is 15.5. The number of thioether (sulfide) groups is 2. The molecule has 0 atom stereocenters. The number of ether oxygens (including phenoxy) is 1. The zero-order valence-corrected chi connectivity index (χ0v) is 17.9. The summed E-state index contributed by atoms with van der Waals surface area (Å²) in [5.41, 5.74) is 1.76. The van der Waals surface area contributed by atoms with Crippen molar-refractivity contribution < 1.29 is 9.53 Å². The van der Waals surface area contributed by atoms with Gasteiger partial charge in [-0.2, -0.15) is 0 Å². The summed E-state index contributed by atoms with van der Waals surface area (Å²) in [6.07, 6.45) is 3.89. The number of amides is 1. The van der Waals surface area contributed by atoms with Crippen LogP contribution in [-0.2, 0) is 4.79 Å². The molecular formula is C21H21NO2S3. The topological polar surface area (TPSA) is 29.5 Å². The van der Waals surface area contributed by atoms with E-state index in [2.05, 4.69) is 13.8 Å². The summed E-state index contributed by atoms with van der Waals surface area (Å²) in [6.45, 7) is 4.92. The fraction of sp³-hybridized carbons (Fsp3) is 0.238. The molecule has 0 aromatic heterocycles. The van der Waals surface area contributed by atoms with Gasteiger partial charge in [-0.05, 0) is 54.1 Å². The number of rotatable bonds is 6. The summed E-state index contributed by atoms with van der Waals surface area (Å²) in [5, 5.41) is 0. The Balaban J connectivity index is 1.77. The predicted molar refractivity (Wildman–Crippen MR) is 121 cm³/mol. The lowest BCUT2D eigenvalue weighted by Crippen LogP contribution is -2.27. The van der Waals surface area contributed by atoms with E-state index >= 15 is 0 Å². The van der Waals surface area contributed by atoms with Gasteiger partial charge in [-0.15, -0.1) is 11.8 Å². The molecule has 1 aliphatic rings. The van der Waals surface area contributed by atoms with Crippen molar-refractivity contribution in [1.29, 1.82) is 0 Å². The minimum Gasteiger partial charge on any atom is -0.493 e. The summed E-state index contributed by atoms with van der Waals surface area (Å²) in [5.74, 6) is 1.24. The molecule has 6 heteroatoms. The van der Waals surface area contributed by atoms with Crippen molar-refractivity contribution in [1.82, 2.24) is 0 Å². The lowest BCUT2D eigenvalue weighted by molar-refractivity contribution is -0.113. The average Bonchev–Trinajstić information content (AvgIpc) is 2.94. The van der Waals surface area contributed by atoms with E-state index in [0.29, 0.717) is 21.8 Å². The zero-order chi connectivity index (χ0) is 19.4. The van der Waals surface area contributed by atoms with Gasteiger partial charge in [0.25, 0.3) is 5.91 Å². The van der Waals surface area contributed by atoms with Crippen molar-refractivity contribution in [2.45, 2.75) is 18.7 Å². The van der Waals surface area contributed by atoms with Gasteiger partial charge in [-0.25, -0.2) is 0 Å². The minimum atomic E-state index is -0.0802. The fourth-order valence-corrected chi connectivity index (χ4v) is 4.27. The number of hydrogen-bond acceptors (Lipinski definition) is 5. The molecule has 3 nitrogen and oxygen atoms in total. The molecule has 2 aromatic rings. The lowest BCUT2D eigenvalue weighted by Gasteiger charge is -2.15. The Kier molecular flexibility index (Phi) is 6.63. The Morgan fingerprint density at radius 3 is 2.63 bits per heavy atom. The van der Waals surface area contributed by atoms with E-state index in [-0.39, 0.29) is 5.91 Å². The Labute approximate surface area is 174 Å². The molecule has 0 radical (unpaired) electrons. The van der Waals surface area contributed by atoms with Gasteiger partial charge in [-0.1, -0.05) is 56.0 Å². The summed E-state index contributed by atoms with van der Waals surface area (Å²) < 4.78 is 6.26. The standard InChI is InChI=1S/C21H21NO2S3/c1-14(2)13-24-17-9-7-15(8-10-17)11-19-20(23)22(21(25)27-19)16-5-4-6-18(12-16)26-3/h4-12,14H,13H2,1-3H3/b19-11-. The van der Waals surface area contributed by atoms with Crippen molar-refractivity contribution >= 4 is 57.7 Å². The van der Waals surface area contributed by atoms with E-state index < -0.39 is 0 Å². The first-order valence-corrected chi connectivity index (χ1v) is 11.1. The van der Waals surface area contributed by atoms with Gasteiger partial charge in [0.2, 0.25) is 0 Å². The third-order valence-electron chi connectivity index (χ3n) is 3.87. The quantitative estimate of drug-likeness (QED) is 0.335. The maximum atomic E-state index is 12.9. The van der Waals surface area contributed by atoms with E-state index in [1.807, 2.05) is 60.9 Å². The molecule has 0 N–H and O–H groups in total. The molecule has 27 heavy (non-hydrogen) atoms. The van der Waals surface area contributed by atoms with Crippen molar-refractivity contribution in [2.24, 2.45) is 5.92 Å². The van der Waals surface area contributed by atoms with Crippen LogP contribution in [0.4, 0.5) is 5.69 Å². The van der Waals surface area contributed by atoms with Crippen molar-refractivity contribution in [3.8, 4) is 5.75 Å². The van der Waals surface area contributed by atoms with Gasteiger partial charge in [0.05, 0.1) is 17.2 Å². The first kappa shape index (κ1) is 20.0. The summed E-state index contributed by atoms with van der Waals surface area (Å²) in [7, 11) is 0. The van der Waals surface area contributed by atoms with E-state index in [9.17, 15) is 4.79 Å². The van der Waals surface area contributed by atoms with Crippen molar-refractivity contribution in [3.63, 3.8) is 0 Å². The van der Waals surface area contributed by atoms with Crippen LogP contribution in [0.25, 0.3) is 6.08 Å². The molecule has 1 saturated heterocycles. The highest BCUT2D eigenvalue weighted by Gasteiger charge is 2.33. The largest absolute Gasteiger partial charge is 0.493 e. The van der Waals surface area contributed by atoms with Crippen LogP contribution in [0.1, 0.15) is 19.4 Å². The summed E-state index contributed by atoms with van der Waals surface area (Å²) in [6, 6.07) is 15.6. The number of nitrogens with zero attached hydrogens (tertiary/aromatic N) is 1. The van der Waals surface area contributed by atoms with Crippen LogP contribution in [0.2, 0.25) is 0 Å². The van der Waals surface area contributed by atoms with Gasteiger partial charge in [0.15, 0.2) is 4.32 Å². The molecule has 1 heterocycles. The molecule has 1 aliphatic heterocycles. The number of carbonyl (C=O) groups excluding carboxylic acids is 1. The number of carbonyl (C=O) groups is 1. The molecule has 0 bridgehead atoms. The molecular weight excluding hydrogens is 394 g/mol. The first-order chi connectivity index (χ1) is 13.0. The van der Waals surface area contributed by atoms with E-state index in [4.69, 9.17) is 17.0 Å². The first-order valence-electron chi connectivity index (χ1n) is 8.63. The molecule has 2 aromatic carbocycles. The van der Waals surface area contributed by atoms with Crippen molar-refractivity contribution in [3.05, 3.63) is 59.0 Å². The summed E-state index contributed by atoms with van der Waals surface area (Å²) >= 11 is 8.43. The second-order valence-corrected chi connectivity index (χ2v) is 9.05. The van der Waals surface area contributed by atoms with Crippen molar-refractivity contribution in [2.75, 3.05) is 17.8 Å². The van der Waals surface area contributed by atoms with Gasteiger partial charge in [0, 0.05) is 4.90 Å². The van der Waals surface area contributed by atoms with E-state index in [1.165, 1.54) is 11.8 Å². The minimum absolute atomic E-state index is 0.0802. The highest BCUT2D eigenvalue weighted by atomic mass is 32.2.